The Hall–Kier alpha value is -1.95. The molecule has 0 atom stereocenters. The molecule has 0 saturated heterocycles. The summed E-state index contributed by atoms with van der Waals surface area (Å²) < 4.78 is 15.2. The first kappa shape index (κ1) is 10.2. The molecule has 1 N–H and O–H groups in total. The summed E-state index contributed by atoms with van der Waals surface area (Å²) in [5, 5.41) is 7.74. The quantitative estimate of drug-likeness (QED) is 0.721. The van der Waals surface area contributed by atoms with Crippen LogP contribution in [0.25, 0.3) is 22.6 Å². The highest BCUT2D eigenvalue weighted by atomic mass is 35.5. The molecule has 3 aromatic rings. The lowest BCUT2D eigenvalue weighted by atomic mass is 10.3. The molecular weight excluding hydrogens is 245 g/mol. The standard InChI is InChI=1S/C10H7ClFN5/c1-17-4-7(15-16-17)10-13-6-3-2-5(11)8(12)9(6)14-10/h2-4H,1H3,(H,13,14). The zero-order chi connectivity index (χ0) is 12.0. The van der Waals surface area contributed by atoms with E-state index < -0.39 is 5.82 Å². The number of aromatic amines is 1. The average molecular weight is 252 g/mol. The maximum absolute atomic E-state index is 13.7. The van der Waals surface area contributed by atoms with Crippen molar-refractivity contribution in [2.75, 3.05) is 0 Å². The van der Waals surface area contributed by atoms with Gasteiger partial charge in [0.2, 0.25) is 0 Å². The number of rotatable bonds is 1. The second kappa shape index (κ2) is 3.53. The fourth-order valence-corrected chi connectivity index (χ4v) is 1.75. The lowest BCUT2D eigenvalue weighted by Crippen LogP contribution is -1.85. The minimum atomic E-state index is -0.532. The van der Waals surface area contributed by atoms with Gasteiger partial charge in [-0.3, -0.25) is 4.68 Å². The number of aryl methyl sites for hydroxylation is 1. The second-order valence-corrected chi connectivity index (χ2v) is 4.03. The molecule has 86 valence electrons. The molecule has 0 radical (unpaired) electrons. The van der Waals surface area contributed by atoms with Crippen LogP contribution in [-0.2, 0) is 7.05 Å². The van der Waals surface area contributed by atoms with E-state index in [4.69, 9.17) is 11.6 Å². The van der Waals surface area contributed by atoms with Crippen LogP contribution in [0, 0.1) is 5.82 Å². The molecule has 1 aromatic carbocycles. The van der Waals surface area contributed by atoms with Gasteiger partial charge in [0.25, 0.3) is 0 Å². The Morgan fingerprint density at radius 2 is 2.24 bits per heavy atom. The van der Waals surface area contributed by atoms with Crippen LogP contribution in [0.5, 0.6) is 0 Å². The normalized spacial score (nSPS) is 11.2. The number of fused-ring (bicyclic) bond motifs is 1. The van der Waals surface area contributed by atoms with Crippen molar-refractivity contribution in [2.24, 2.45) is 7.05 Å². The van der Waals surface area contributed by atoms with E-state index in [2.05, 4.69) is 20.3 Å². The monoisotopic (exact) mass is 251 g/mol. The lowest BCUT2D eigenvalue weighted by molar-refractivity contribution is 0.638. The zero-order valence-electron chi connectivity index (χ0n) is 8.78. The number of imidazole rings is 1. The van der Waals surface area contributed by atoms with E-state index in [-0.39, 0.29) is 10.5 Å². The first-order valence-corrected chi connectivity index (χ1v) is 5.23. The Bertz CT molecular complexity index is 702. The van der Waals surface area contributed by atoms with E-state index in [1.807, 2.05) is 0 Å². The van der Waals surface area contributed by atoms with E-state index in [0.717, 1.165) is 0 Å². The summed E-state index contributed by atoms with van der Waals surface area (Å²) in [6, 6.07) is 3.16. The van der Waals surface area contributed by atoms with Crippen molar-refractivity contribution in [3.63, 3.8) is 0 Å². The third-order valence-electron chi connectivity index (χ3n) is 2.39. The summed E-state index contributed by atoms with van der Waals surface area (Å²) >= 11 is 5.69. The summed E-state index contributed by atoms with van der Waals surface area (Å²) in [6.45, 7) is 0. The molecule has 0 fully saturated rings. The van der Waals surface area contributed by atoms with Crippen LogP contribution in [0.2, 0.25) is 5.02 Å². The van der Waals surface area contributed by atoms with Crippen LogP contribution in [-0.4, -0.2) is 25.0 Å². The van der Waals surface area contributed by atoms with E-state index >= 15 is 0 Å². The van der Waals surface area contributed by atoms with Crippen molar-refractivity contribution in [1.82, 2.24) is 25.0 Å². The summed E-state index contributed by atoms with van der Waals surface area (Å²) in [5.41, 5.74) is 1.34. The SMILES string of the molecule is Cn1cc(-c2nc3c(F)c(Cl)ccc3[nH]2)nn1. The Balaban J connectivity index is 2.23. The number of hydrogen-bond acceptors (Lipinski definition) is 3. The number of H-pyrrole nitrogens is 1. The van der Waals surface area contributed by atoms with E-state index in [0.29, 0.717) is 17.0 Å². The smallest absolute Gasteiger partial charge is 0.169 e. The molecule has 0 unspecified atom stereocenters. The molecular formula is C10H7ClFN5. The van der Waals surface area contributed by atoms with E-state index in [1.54, 1.807) is 24.0 Å². The topological polar surface area (TPSA) is 59.4 Å². The third-order valence-corrected chi connectivity index (χ3v) is 2.68. The second-order valence-electron chi connectivity index (χ2n) is 3.62. The van der Waals surface area contributed by atoms with Gasteiger partial charge < -0.3 is 4.98 Å². The summed E-state index contributed by atoms with van der Waals surface area (Å²) in [6.07, 6.45) is 1.69. The number of nitrogens with zero attached hydrogens (tertiary/aromatic N) is 4. The molecule has 0 aliphatic carbocycles. The molecule has 3 rings (SSSR count). The Morgan fingerprint density at radius 1 is 1.41 bits per heavy atom. The molecule has 0 saturated carbocycles. The first-order chi connectivity index (χ1) is 8.15. The van der Waals surface area contributed by atoms with Gasteiger partial charge in [-0.2, -0.15) is 0 Å². The van der Waals surface area contributed by atoms with Gasteiger partial charge in [-0.1, -0.05) is 16.8 Å². The summed E-state index contributed by atoms with van der Waals surface area (Å²) in [5.74, 6) is -0.0650. The van der Waals surface area contributed by atoms with Crippen LogP contribution in [0.4, 0.5) is 4.39 Å². The van der Waals surface area contributed by atoms with Crippen molar-refractivity contribution in [1.29, 1.82) is 0 Å². The minimum Gasteiger partial charge on any atom is -0.336 e. The molecule has 0 amide bonds. The third kappa shape index (κ3) is 1.57. The number of nitrogens with one attached hydrogen (secondary N) is 1. The molecule has 5 nitrogen and oxygen atoms in total. The molecule has 2 heterocycles. The zero-order valence-corrected chi connectivity index (χ0v) is 9.53. The van der Waals surface area contributed by atoms with Crippen LogP contribution < -0.4 is 0 Å². The van der Waals surface area contributed by atoms with Gasteiger partial charge in [0, 0.05) is 7.05 Å². The molecule has 0 bridgehead atoms. The molecule has 2 aromatic heterocycles. The van der Waals surface area contributed by atoms with Gasteiger partial charge in [0.1, 0.15) is 11.2 Å². The minimum absolute atomic E-state index is 0.0506. The molecule has 0 aliphatic rings. The van der Waals surface area contributed by atoms with Gasteiger partial charge in [-0.15, -0.1) is 5.10 Å². The van der Waals surface area contributed by atoms with Gasteiger partial charge >= 0.3 is 0 Å². The van der Waals surface area contributed by atoms with Crippen molar-refractivity contribution >= 4 is 22.6 Å². The maximum Gasteiger partial charge on any atom is 0.169 e. The summed E-state index contributed by atoms with van der Waals surface area (Å²) in [7, 11) is 1.75. The first-order valence-electron chi connectivity index (χ1n) is 4.85. The van der Waals surface area contributed by atoms with E-state index in [1.165, 1.54) is 6.07 Å². The predicted molar refractivity (Wildman–Crippen MR) is 61.1 cm³/mol. The van der Waals surface area contributed by atoms with Gasteiger partial charge in [0.15, 0.2) is 11.6 Å². The fourth-order valence-electron chi connectivity index (χ4n) is 1.59. The number of hydrogen-bond donors (Lipinski definition) is 1. The Kier molecular flexibility index (Phi) is 2.12. The van der Waals surface area contributed by atoms with Crippen molar-refractivity contribution < 1.29 is 4.39 Å². The van der Waals surface area contributed by atoms with Gasteiger partial charge in [-0.25, -0.2) is 9.37 Å². The molecule has 0 aliphatic heterocycles. The summed E-state index contributed by atoms with van der Waals surface area (Å²) in [4.78, 5) is 7.09. The largest absolute Gasteiger partial charge is 0.336 e. The highest BCUT2D eigenvalue weighted by Gasteiger charge is 2.13. The van der Waals surface area contributed by atoms with Crippen molar-refractivity contribution in [2.45, 2.75) is 0 Å². The Labute approximate surface area is 100 Å². The fraction of sp³-hybridized carbons (Fsp3) is 0.100. The molecule has 17 heavy (non-hydrogen) atoms. The predicted octanol–water partition coefficient (Wildman–Crippen LogP) is 2.15. The lowest BCUT2D eigenvalue weighted by Gasteiger charge is -1.92. The van der Waals surface area contributed by atoms with Crippen molar-refractivity contribution in [3.8, 4) is 11.5 Å². The van der Waals surface area contributed by atoms with Gasteiger partial charge in [0.05, 0.1) is 16.7 Å². The maximum atomic E-state index is 13.7. The Morgan fingerprint density at radius 3 is 2.94 bits per heavy atom. The van der Waals surface area contributed by atoms with Crippen LogP contribution in [0.3, 0.4) is 0 Å². The number of benzene rings is 1. The molecule has 0 spiro atoms. The number of halogens is 2. The van der Waals surface area contributed by atoms with Crippen LogP contribution in [0.1, 0.15) is 0 Å². The van der Waals surface area contributed by atoms with Crippen LogP contribution in [0.15, 0.2) is 18.3 Å². The molecule has 7 heteroatoms. The van der Waals surface area contributed by atoms with Crippen LogP contribution >= 0.6 is 11.6 Å². The highest BCUT2D eigenvalue weighted by Crippen LogP contribution is 2.25. The highest BCUT2D eigenvalue weighted by molar-refractivity contribution is 6.31. The van der Waals surface area contributed by atoms with E-state index in [9.17, 15) is 4.39 Å². The van der Waals surface area contributed by atoms with Crippen molar-refractivity contribution in [3.05, 3.63) is 29.2 Å². The number of aromatic nitrogens is 5. The average Bonchev–Trinajstić information content (AvgIpc) is 2.90. The van der Waals surface area contributed by atoms with Gasteiger partial charge in [-0.05, 0) is 12.1 Å².